The molecule has 0 spiro atoms. The first-order valence-electron chi connectivity index (χ1n) is 7.04. The van der Waals surface area contributed by atoms with Crippen molar-refractivity contribution < 1.29 is 0 Å². The highest BCUT2D eigenvalue weighted by Gasteiger charge is 2.18. The van der Waals surface area contributed by atoms with Gasteiger partial charge in [0, 0.05) is 12.1 Å². The average molecular weight is 268 g/mol. The maximum atomic E-state index is 6.38. The normalized spacial score (nSPS) is 14.1. The van der Waals surface area contributed by atoms with Crippen LogP contribution in [-0.4, -0.2) is 0 Å². The second-order valence-corrected chi connectivity index (χ2v) is 5.89. The Balaban J connectivity index is 2.34. The van der Waals surface area contributed by atoms with E-state index in [4.69, 9.17) is 11.5 Å². The monoisotopic (exact) mass is 268 g/mol. The molecular weight excluding hydrogens is 244 g/mol. The molecule has 0 aliphatic rings. The lowest BCUT2D eigenvalue weighted by Crippen LogP contribution is -2.26. The van der Waals surface area contributed by atoms with E-state index in [9.17, 15) is 0 Å². The van der Waals surface area contributed by atoms with Crippen LogP contribution >= 0.6 is 0 Å². The third kappa shape index (κ3) is 3.27. The van der Waals surface area contributed by atoms with Crippen LogP contribution < -0.4 is 11.5 Å². The molecular formula is C18H24N2. The first-order chi connectivity index (χ1) is 9.36. The zero-order valence-electron chi connectivity index (χ0n) is 12.8. The van der Waals surface area contributed by atoms with Crippen LogP contribution in [0.4, 0.5) is 0 Å². The van der Waals surface area contributed by atoms with Crippen molar-refractivity contribution in [1.82, 2.24) is 0 Å². The van der Waals surface area contributed by atoms with Crippen LogP contribution in [0, 0.1) is 27.7 Å². The highest BCUT2D eigenvalue weighted by Crippen LogP contribution is 2.27. The third-order valence-corrected chi connectivity index (χ3v) is 3.64. The Kier molecular flexibility index (Phi) is 4.26. The van der Waals surface area contributed by atoms with Crippen molar-refractivity contribution in [1.29, 1.82) is 0 Å². The van der Waals surface area contributed by atoms with Crippen LogP contribution in [0.5, 0.6) is 0 Å². The van der Waals surface area contributed by atoms with Gasteiger partial charge >= 0.3 is 0 Å². The Morgan fingerprint density at radius 1 is 0.550 bits per heavy atom. The minimum absolute atomic E-state index is 0.185. The largest absolute Gasteiger partial charge is 0.322 e. The van der Waals surface area contributed by atoms with E-state index >= 15 is 0 Å². The lowest BCUT2D eigenvalue weighted by Gasteiger charge is -2.22. The fourth-order valence-electron chi connectivity index (χ4n) is 2.82. The van der Waals surface area contributed by atoms with E-state index in [1.807, 2.05) is 0 Å². The molecule has 0 amide bonds. The molecule has 4 N–H and O–H groups in total. The minimum Gasteiger partial charge on any atom is -0.322 e. The van der Waals surface area contributed by atoms with Gasteiger partial charge in [0.05, 0.1) is 0 Å². The number of benzene rings is 2. The molecule has 0 fully saturated rings. The van der Waals surface area contributed by atoms with E-state index in [-0.39, 0.29) is 12.1 Å². The van der Waals surface area contributed by atoms with Crippen LogP contribution in [0.3, 0.4) is 0 Å². The maximum Gasteiger partial charge on any atom is 0.0491 e. The molecule has 20 heavy (non-hydrogen) atoms. The molecule has 2 rings (SSSR count). The van der Waals surface area contributed by atoms with Crippen molar-refractivity contribution in [2.24, 2.45) is 11.5 Å². The second-order valence-electron chi connectivity index (χ2n) is 5.89. The maximum absolute atomic E-state index is 6.38. The molecule has 0 bridgehead atoms. The molecule has 0 unspecified atom stereocenters. The molecule has 0 aromatic heterocycles. The van der Waals surface area contributed by atoms with E-state index in [2.05, 4.69) is 64.1 Å². The van der Waals surface area contributed by atoms with Crippen molar-refractivity contribution in [2.75, 3.05) is 0 Å². The summed E-state index contributed by atoms with van der Waals surface area (Å²) in [6.45, 7) is 8.36. The first kappa shape index (κ1) is 14.8. The number of nitrogens with two attached hydrogens (primary N) is 2. The molecule has 0 heterocycles. The molecule has 2 atom stereocenters. The summed E-state index contributed by atoms with van der Waals surface area (Å²) in [6, 6.07) is 12.4. The lowest BCUT2D eigenvalue weighted by atomic mass is 9.91. The smallest absolute Gasteiger partial charge is 0.0491 e. The Labute approximate surface area is 121 Å². The highest BCUT2D eigenvalue weighted by atomic mass is 14.8. The van der Waals surface area contributed by atoms with E-state index < -0.39 is 0 Å². The summed E-state index contributed by atoms with van der Waals surface area (Å²) in [5.41, 5.74) is 19.9. The van der Waals surface area contributed by atoms with Gasteiger partial charge in [0.2, 0.25) is 0 Å². The SMILES string of the molecule is Cc1cc(C)cc([C@@H](N)[C@H](N)c2cc(C)cc(C)c2)c1. The van der Waals surface area contributed by atoms with Crippen LogP contribution in [0.1, 0.15) is 45.5 Å². The van der Waals surface area contributed by atoms with Crippen LogP contribution in [-0.2, 0) is 0 Å². The molecule has 2 nitrogen and oxygen atoms in total. The van der Waals surface area contributed by atoms with Gasteiger partial charge in [0.15, 0.2) is 0 Å². The molecule has 0 aliphatic carbocycles. The van der Waals surface area contributed by atoms with Crippen molar-refractivity contribution >= 4 is 0 Å². The number of hydrogen-bond donors (Lipinski definition) is 2. The summed E-state index contributed by atoms with van der Waals surface area (Å²) in [7, 11) is 0. The average Bonchev–Trinajstić information content (AvgIpc) is 2.34. The summed E-state index contributed by atoms with van der Waals surface area (Å²) < 4.78 is 0. The van der Waals surface area contributed by atoms with Crippen molar-refractivity contribution in [3.05, 3.63) is 69.8 Å². The Morgan fingerprint density at radius 2 is 0.800 bits per heavy atom. The molecule has 0 aliphatic heterocycles. The van der Waals surface area contributed by atoms with E-state index in [0.29, 0.717) is 0 Å². The summed E-state index contributed by atoms with van der Waals surface area (Å²) in [5.74, 6) is 0. The topological polar surface area (TPSA) is 52.0 Å². The van der Waals surface area contributed by atoms with Crippen molar-refractivity contribution in [3.8, 4) is 0 Å². The first-order valence-corrected chi connectivity index (χ1v) is 7.04. The van der Waals surface area contributed by atoms with Crippen molar-refractivity contribution in [3.63, 3.8) is 0 Å². The number of hydrogen-bond acceptors (Lipinski definition) is 2. The van der Waals surface area contributed by atoms with Gasteiger partial charge < -0.3 is 11.5 Å². The van der Waals surface area contributed by atoms with Gasteiger partial charge in [-0.05, 0) is 38.8 Å². The molecule has 2 aromatic rings. The summed E-state index contributed by atoms with van der Waals surface area (Å²) in [6.07, 6.45) is 0. The quantitative estimate of drug-likeness (QED) is 0.893. The van der Waals surface area contributed by atoms with Gasteiger partial charge in [-0.1, -0.05) is 58.7 Å². The molecule has 0 saturated carbocycles. The second kappa shape index (κ2) is 5.78. The molecule has 0 saturated heterocycles. The van der Waals surface area contributed by atoms with E-state index in [1.54, 1.807) is 0 Å². The summed E-state index contributed by atoms with van der Waals surface area (Å²) >= 11 is 0. The van der Waals surface area contributed by atoms with Gasteiger partial charge in [0.1, 0.15) is 0 Å². The van der Waals surface area contributed by atoms with Crippen LogP contribution in [0.15, 0.2) is 36.4 Å². The molecule has 2 heteroatoms. The van der Waals surface area contributed by atoms with Gasteiger partial charge in [-0.3, -0.25) is 0 Å². The molecule has 0 radical (unpaired) electrons. The van der Waals surface area contributed by atoms with E-state index in [0.717, 1.165) is 11.1 Å². The Bertz CT molecular complexity index is 521. The standard InChI is InChI=1S/C18H24N2/c1-11-5-12(2)8-15(7-11)17(19)18(20)16-9-13(3)6-14(4)10-16/h5-10,17-18H,19-20H2,1-4H3/t17-,18-/m1/s1. The highest BCUT2D eigenvalue weighted by molar-refractivity contribution is 5.36. The summed E-state index contributed by atoms with van der Waals surface area (Å²) in [5, 5.41) is 0. The Hall–Kier alpha value is -1.64. The van der Waals surface area contributed by atoms with E-state index in [1.165, 1.54) is 22.3 Å². The predicted molar refractivity (Wildman–Crippen MR) is 85.7 cm³/mol. The molecule has 2 aromatic carbocycles. The lowest BCUT2D eigenvalue weighted by molar-refractivity contribution is 0.573. The van der Waals surface area contributed by atoms with Crippen LogP contribution in [0.2, 0.25) is 0 Å². The molecule has 106 valence electrons. The summed E-state index contributed by atoms with van der Waals surface area (Å²) in [4.78, 5) is 0. The predicted octanol–water partition coefficient (Wildman–Crippen LogP) is 3.62. The zero-order chi connectivity index (χ0) is 14.9. The minimum atomic E-state index is -0.185. The van der Waals surface area contributed by atoms with Gasteiger partial charge in [-0.15, -0.1) is 0 Å². The van der Waals surface area contributed by atoms with Gasteiger partial charge in [-0.2, -0.15) is 0 Å². The van der Waals surface area contributed by atoms with Crippen LogP contribution in [0.25, 0.3) is 0 Å². The number of aryl methyl sites for hydroxylation is 4. The van der Waals surface area contributed by atoms with Crippen molar-refractivity contribution in [2.45, 2.75) is 39.8 Å². The number of rotatable bonds is 3. The fourth-order valence-corrected chi connectivity index (χ4v) is 2.82. The zero-order valence-corrected chi connectivity index (χ0v) is 12.8. The van der Waals surface area contributed by atoms with Gasteiger partial charge in [-0.25, -0.2) is 0 Å². The Morgan fingerprint density at radius 3 is 1.05 bits per heavy atom. The van der Waals surface area contributed by atoms with Gasteiger partial charge in [0.25, 0.3) is 0 Å². The third-order valence-electron chi connectivity index (χ3n) is 3.64. The fraction of sp³-hybridized carbons (Fsp3) is 0.333.